The van der Waals surface area contributed by atoms with Crippen LogP contribution in [-0.4, -0.2) is 46.8 Å². The Morgan fingerprint density at radius 3 is 2.68 bits per heavy atom. The molecular weight excluding hydrogens is 284 g/mol. The lowest BCUT2D eigenvalue weighted by Crippen LogP contribution is -2.23. The quantitative estimate of drug-likeness (QED) is 0.639. The Labute approximate surface area is 121 Å². The van der Waals surface area contributed by atoms with E-state index in [-0.39, 0.29) is 17.7 Å². The van der Waals surface area contributed by atoms with Crippen LogP contribution in [0.5, 0.6) is 0 Å². The number of hydrogen-bond acceptors (Lipinski definition) is 6. The molecule has 0 aliphatic rings. The molecule has 0 saturated heterocycles. The fraction of sp³-hybridized carbons (Fsp3) is 0.636. The van der Waals surface area contributed by atoms with E-state index in [9.17, 15) is 9.59 Å². The van der Waals surface area contributed by atoms with Crippen molar-refractivity contribution in [1.82, 2.24) is 15.1 Å². The number of thioether (sulfide) groups is 1. The first-order chi connectivity index (χ1) is 8.93. The lowest BCUT2D eigenvalue weighted by molar-refractivity contribution is -0.125. The van der Waals surface area contributed by atoms with Gasteiger partial charge in [0.15, 0.2) is 4.34 Å². The van der Waals surface area contributed by atoms with Gasteiger partial charge >= 0.3 is 0 Å². The summed E-state index contributed by atoms with van der Waals surface area (Å²) in [5.41, 5.74) is 0. The smallest absolute Gasteiger partial charge is 0.232 e. The number of carbonyl (C=O) groups is 2. The normalized spacial score (nSPS) is 12.0. The fourth-order valence-corrected chi connectivity index (χ4v) is 2.72. The van der Waals surface area contributed by atoms with Crippen molar-refractivity contribution in [3.63, 3.8) is 0 Å². The van der Waals surface area contributed by atoms with Gasteiger partial charge in [0, 0.05) is 20.0 Å². The van der Waals surface area contributed by atoms with Gasteiger partial charge in [-0.25, -0.2) is 0 Å². The van der Waals surface area contributed by atoms with Crippen molar-refractivity contribution in [2.24, 2.45) is 5.92 Å². The van der Waals surface area contributed by atoms with E-state index in [1.165, 1.54) is 28.0 Å². The Bertz CT molecular complexity index is 448. The average Bonchev–Trinajstić information content (AvgIpc) is 2.82. The van der Waals surface area contributed by atoms with Crippen molar-refractivity contribution in [2.75, 3.05) is 25.2 Å². The minimum Gasteiger partial charge on any atom is -0.348 e. The molecule has 19 heavy (non-hydrogen) atoms. The topological polar surface area (TPSA) is 75.2 Å². The van der Waals surface area contributed by atoms with Gasteiger partial charge in [0.25, 0.3) is 0 Å². The molecule has 1 aromatic rings. The second-order valence-electron chi connectivity index (χ2n) is 4.25. The molecule has 1 unspecified atom stereocenters. The Morgan fingerprint density at radius 2 is 2.11 bits per heavy atom. The van der Waals surface area contributed by atoms with Gasteiger partial charge in [-0.2, -0.15) is 0 Å². The Morgan fingerprint density at radius 1 is 1.42 bits per heavy atom. The highest BCUT2D eigenvalue weighted by Crippen LogP contribution is 2.25. The highest BCUT2D eigenvalue weighted by atomic mass is 32.2. The maximum absolute atomic E-state index is 11.7. The predicted octanol–water partition coefficient (Wildman–Crippen LogP) is 1.70. The zero-order valence-electron chi connectivity index (χ0n) is 11.5. The Balaban J connectivity index is 2.49. The number of carbonyl (C=O) groups excluding carboxylic acids is 2. The Hall–Kier alpha value is -1.15. The van der Waals surface area contributed by atoms with Gasteiger partial charge in [0.1, 0.15) is 0 Å². The van der Waals surface area contributed by atoms with Crippen LogP contribution < -0.4 is 5.32 Å². The van der Waals surface area contributed by atoms with E-state index in [2.05, 4.69) is 15.5 Å². The molecule has 106 valence electrons. The van der Waals surface area contributed by atoms with E-state index in [0.717, 1.165) is 6.42 Å². The third-order valence-electron chi connectivity index (χ3n) is 2.51. The minimum atomic E-state index is -0.0560. The van der Waals surface area contributed by atoms with E-state index in [4.69, 9.17) is 0 Å². The van der Waals surface area contributed by atoms with E-state index in [0.29, 0.717) is 15.2 Å². The molecule has 1 aromatic heterocycles. The highest BCUT2D eigenvalue weighted by molar-refractivity contribution is 8.01. The monoisotopic (exact) mass is 302 g/mol. The van der Waals surface area contributed by atoms with E-state index in [1.807, 2.05) is 13.8 Å². The van der Waals surface area contributed by atoms with Gasteiger partial charge in [0.2, 0.25) is 16.9 Å². The molecule has 8 heteroatoms. The van der Waals surface area contributed by atoms with Crippen LogP contribution in [0.4, 0.5) is 5.13 Å². The molecule has 0 spiro atoms. The van der Waals surface area contributed by atoms with Gasteiger partial charge in [-0.3, -0.25) is 9.59 Å². The van der Waals surface area contributed by atoms with Gasteiger partial charge < -0.3 is 10.2 Å². The summed E-state index contributed by atoms with van der Waals surface area (Å²) in [4.78, 5) is 24.6. The van der Waals surface area contributed by atoms with Crippen LogP contribution >= 0.6 is 23.1 Å². The van der Waals surface area contributed by atoms with Crippen LogP contribution in [-0.2, 0) is 9.59 Å². The summed E-state index contributed by atoms with van der Waals surface area (Å²) in [7, 11) is 3.42. The standard InChI is InChI=1S/C11H18N4O2S2/c1-5-7(2)9(17)12-10-13-14-11(19-10)18-6-8(16)15(3)4/h7H,5-6H2,1-4H3,(H,12,13,17). The fourth-order valence-electron chi connectivity index (χ4n) is 0.985. The molecule has 2 amide bonds. The molecule has 0 aliphatic heterocycles. The molecule has 0 aromatic carbocycles. The zero-order chi connectivity index (χ0) is 14.4. The van der Waals surface area contributed by atoms with E-state index < -0.39 is 0 Å². The second kappa shape index (κ2) is 7.44. The van der Waals surface area contributed by atoms with Crippen molar-refractivity contribution < 1.29 is 9.59 Å². The van der Waals surface area contributed by atoms with Crippen molar-refractivity contribution in [3.05, 3.63) is 0 Å². The number of amides is 2. The van der Waals surface area contributed by atoms with E-state index >= 15 is 0 Å². The van der Waals surface area contributed by atoms with Gasteiger partial charge in [-0.1, -0.05) is 36.9 Å². The van der Waals surface area contributed by atoms with Crippen LogP contribution in [0.2, 0.25) is 0 Å². The predicted molar refractivity (Wildman–Crippen MR) is 77.4 cm³/mol. The van der Waals surface area contributed by atoms with Gasteiger partial charge in [0.05, 0.1) is 5.75 Å². The molecule has 0 bridgehead atoms. The van der Waals surface area contributed by atoms with E-state index in [1.54, 1.807) is 14.1 Å². The molecule has 0 aliphatic carbocycles. The number of nitrogens with zero attached hydrogens (tertiary/aromatic N) is 3. The number of anilines is 1. The summed E-state index contributed by atoms with van der Waals surface area (Å²) in [5.74, 6) is 0.237. The first kappa shape index (κ1) is 15.9. The van der Waals surface area contributed by atoms with Crippen molar-refractivity contribution in [1.29, 1.82) is 0 Å². The molecule has 0 radical (unpaired) electrons. The molecule has 1 heterocycles. The number of rotatable bonds is 6. The first-order valence-corrected chi connectivity index (χ1v) is 7.71. The molecule has 1 N–H and O–H groups in total. The largest absolute Gasteiger partial charge is 0.348 e. The summed E-state index contributed by atoms with van der Waals surface area (Å²) in [5, 5.41) is 11.0. The molecule has 6 nitrogen and oxygen atoms in total. The van der Waals surface area contributed by atoms with Crippen molar-refractivity contribution in [2.45, 2.75) is 24.6 Å². The second-order valence-corrected chi connectivity index (χ2v) is 6.45. The first-order valence-electron chi connectivity index (χ1n) is 5.91. The molecule has 1 atom stereocenters. The number of hydrogen-bond donors (Lipinski definition) is 1. The maximum Gasteiger partial charge on any atom is 0.232 e. The number of nitrogens with one attached hydrogen (secondary N) is 1. The Kier molecular flexibility index (Phi) is 6.23. The SMILES string of the molecule is CCC(C)C(=O)Nc1nnc(SCC(=O)N(C)C)s1. The summed E-state index contributed by atoms with van der Waals surface area (Å²) in [6.45, 7) is 3.82. The molecule has 1 rings (SSSR count). The van der Waals surface area contributed by atoms with Crippen LogP contribution in [0.15, 0.2) is 4.34 Å². The molecule has 0 saturated carbocycles. The third-order valence-corrected chi connectivity index (χ3v) is 4.47. The van der Waals surface area contributed by atoms with Crippen LogP contribution in [0.1, 0.15) is 20.3 Å². The summed E-state index contributed by atoms with van der Waals surface area (Å²) in [6, 6.07) is 0. The lowest BCUT2D eigenvalue weighted by Gasteiger charge is -2.07. The summed E-state index contributed by atoms with van der Waals surface area (Å²) >= 11 is 2.60. The maximum atomic E-state index is 11.7. The highest BCUT2D eigenvalue weighted by Gasteiger charge is 2.14. The third kappa shape index (κ3) is 5.15. The zero-order valence-corrected chi connectivity index (χ0v) is 13.1. The van der Waals surface area contributed by atoms with Crippen LogP contribution in [0.25, 0.3) is 0 Å². The van der Waals surface area contributed by atoms with Crippen molar-refractivity contribution in [3.8, 4) is 0 Å². The van der Waals surface area contributed by atoms with Crippen LogP contribution in [0, 0.1) is 5.92 Å². The summed E-state index contributed by atoms with van der Waals surface area (Å²) < 4.78 is 0.676. The van der Waals surface area contributed by atoms with Crippen LogP contribution in [0.3, 0.4) is 0 Å². The lowest BCUT2D eigenvalue weighted by atomic mass is 10.1. The minimum absolute atomic E-state index is 0.0189. The number of aromatic nitrogens is 2. The molecular formula is C11H18N4O2S2. The van der Waals surface area contributed by atoms with Gasteiger partial charge in [-0.15, -0.1) is 10.2 Å². The average molecular weight is 302 g/mol. The molecule has 0 fully saturated rings. The summed E-state index contributed by atoms with van der Waals surface area (Å²) in [6.07, 6.45) is 0.781. The van der Waals surface area contributed by atoms with Gasteiger partial charge in [-0.05, 0) is 6.42 Å². The van der Waals surface area contributed by atoms with Crippen molar-refractivity contribution >= 4 is 40.0 Å².